The van der Waals surface area contributed by atoms with Crippen molar-refractivity contribution in [2.75, 3.05) is 31.6 Å². The molecule has 1 aromatic carbocycles. The zero-order valence-corrected chi connectivity index (χ0v) is 12.6. The van der Waals surface area contributed by atoms with Crippen LogP contribution >= 0.6 is 0 Å². The molecule has 4 nitrogen and oxygen atoms in total. The van der Waals surface area contributed by atoms with E-state index in [4.69, 9.17) is 4.74 Å². The van der Waals surface area contributed by atoms with Gasteiger partial charge in [-0.25, -0.2) is 0 Å². The van der Waals surface area contributed by atoms with Crippen molar-refractivity contribution in [3.05, 3.63) is 29.3 Å². The SMILES string of the molecule is CCC(C(=O)Nc1c(C)cccc1C)N1CCOCC1. The van der Waals surface area contributed by atoms with Crippen molar-refractivity contribution in [1.82, 2.24) is 4.90 Å². The van der Waals surface area contributed by atoms with Crippen LogP contribution in [0, 0.1) is 13.8 Å². The molecule has 0 aromatic heterocycles. The summed E-state index contributed by atoms with van der Waals surface area (Å²) in [6.45, 7) is 9.21. The molecule has 110 valence electrons. The molecule has 0 radical (unpaired) electrons. The fraction of sp³-hybridized carbons (Fsp3) is 0.562. The molecule has 1 atom stereocenters. The highest BCUT2D eigenvalue weighted by Crippen LogP contribution is 2.20. The second-order valence-electron chi connectivity index (χ2n) is 5.33. The lowest BCUT2D eigenvalue weighted by atomic mass is 10.1. The van der Waals surface area contributed by atoms with Crippen LogP contribution in [0.3, 0.4) is 0 Å². The number of aryl methyl sites for hydroxylation is 2. The number of morpholine rings is 1. The maximum absolute atomic E-state index is 12.6. The van der Waals surface area contributed by atoms with Gasteiger partial charge in [0.2, 0.25) is 5.91 Å². The first-order valence-electron chi connectivity index (χ1n) is 7.32. The number of nitrogens with one attached hydrogen (secondary N) is 1. The average Bonchev–Trinajstić information content (AvgIpc) is 2.45. The van der Waals surface area contributed by atoms with Crippen molar-refractivity contribution in [2.24, 2.45) is 0 Å². The minimum Gasteiger partial charge on any atom is -0.379 e. The Morgan fingerprint density at radius 1 is 1.30 bits per heavy atom. The molecule has 1 heterocycles. The molecule has 1 aliphatic heterocycles. The Balaban J connectivity index is 2.09. The van der Waals surface area contributed by atoms with Gasteiger partial charge in [-0.05, 0) is 31.4 Å². The van der Waals surface area contributed by atoms with Gasteiger partial charge in [0.1, 0.15) is 0 Å². The van der Waals surface area contributed by atoms with E-state index in [0.717, 1.165) is 36.3 Å². The average molecular weight is 276 g/mol. The smallest absolute Gasteiger partial charge is 0.241 e. The van der Waals surface area contributed by atoms with Crippen molar-refractivity contribution in [3.8, 4) is 0 Å². The Morgan fingerprint density at radius 2 is 1.90 bits per heavy atom. The van der Waals surface area contributed by atoms with E-state index in [1.807, 2.05) is 32.0 Å². The Bertz CT molecular complexity index is 447. The number of ether oxygens (including phenoxy) is 1. The van der Waals surface area contributed by atoms with Crippen LogP contribution in [0.1, 0.15) is 24.5 Å². The zero-order valence-electron chi connectivity index (χ0n) is 12.6. The van der Waals surface area contributed by atoms with Crippen LogP contribution < -0.4 is 5.32 Å². The van der Waals surface area contributed by atoms with Gasteiger partial charge in [0.15, 0.2) is 0 Å². The van der Waals surface area contributed by atoms with E-state index >= 15 is 0 Å². The molecule has 1 saturated heterocycles. The zero-order chi connectivity index (χ0) is 14.5. The lowest BCUT2D eigenvalue weighted by Crippen LogP contribution is -2.49. The monoisotopic (exact) mass is 276 g/mol. The van der Waals surface area contributed by atoms with E-state index < -0.39 is 0 Å². The van der Waals surface area contributed by atoms with Gasteiger partial charge >= 0.3 is 0 Å². The topological polar surface area (TPSA) is 41.6 Å². The highest BCUT2D eigenvalue weighted by molar-refractivity contribution is 5.96. The third-order valence-corrected chi connectivity index (χ3v) is 3.91. The van der Waals surface area contributed by atoms with Gasteiger partial charge < -0.3 is 10.1 Å². The molecule has 0 aliphatic carbocycles. The minimum atomic E-state index is -0.0714. The number of hydrogen-bond acceptors (Lipinski definition) is 3. The third-order valence-electron chi connectivity index (χ3n) is 3.91. The van der Waals surface area contributed by atoms with Gasteiger partial charge in [0.25, 0.3) is 0 Å². The molecular formula is C16H24N2O2. The molecule has 20 heavy (non-hydrogen) atoms. The van der Waals surface area contributed by atoms with Crippen molar-refractivity contribution in [2.45, 2.75) is 33.2 Å². The molecule has 2 rings (SSSR count). The van der Waals surface area contributed by atoms with Crippen LogP contribution in [0.4, 0.5) is 5.69 Å². The lowest BCUT2D eigenvalue weighted by molar-refractivity contribution is -0.123. The second kappa shape index (κ2) is 6.86. The number of rotatable bonds is 4. The summed E-state index contributed by atoms with van der Waals surface area (Å²) in [5, 5.41) is 3.11. The highest BCUT2D eigenvalue weighted by Gasteiger charge is 2.26. The number of nitrogens with zero attached hydrogens (tertiary/aromatic N) is 1. The quantitative estimate of drug-likeness (QED) is 0.918. The first-order valence-corrected chi connectivity index (χ1v) is 7.32. The van der Waals surface area contributed by atoms with Crippen molar-refractivity contribution >= 4 is 11.6 Å². The molecule has 1 unspecified atom stereocenters. The molecule has 1 amide bonds. The molecular weight excluding hydrogens is 252 g/mol. The van der Waals surface area contributed by atoms with Gasteiger partial charge in [-0.3, -0.25) is 9.69 Å². The van der Waals surface area contributed by atoms with Crippen molar-refractivity contribution in [1.29, 1.82) is 0 Å². The normalized spacial score (nSPS) is 17.8. The predicted octanol–water partition coefficient (Wildman–Crippen LogP) is 2.35. The van der Waals surface area contributed by atoms with E-state index in [-0.39, 0.29) is 11.9 Å². The Morgan fingerprint density at radius 3 is 2.45 bits per heavy atom. The predicted molar refractivity (Wildman–Crippen MR) is 81.0 cm³/mol. The fourth-order valence-electron chi connectivity index (χ4n) is 2.72. The van der Waals surface area contributed by atoms with Crippen LogP contribution in [0.5, 0.6) is 0 Å². The van der Waals surface area contributed by atoms with Crippen LogP contribution in [0.25, 0.3) is 0 Å². The number of amides is 1. The fourth-order valence-corrected chi connectivity index (χ4v) is 2.72. The second-order valence-corrected chi connectivity index (χ2v) is 5.33. The van der Waals surface area contributed by atoms with Gasteiger partial charge in [0.05, 0.1) is 19.3 Å². The van der Waals surface area contributed by atoms with Gasteiger partial charge in [0, 0.05) is 18.8 Å². The Kier molecular flexibility index (Phi) is 5.15. The number of carbonyl (C=O) groups is 1. The molecule has 0 saturated carbocycles. The molecule has 0 spiro atoms. The molecule has 1 fully saturated rings. The largest absolute Gasteiger partial charge is 0.379 e. The summed E-state index contributed by atoms with van der Waals surface area (Å²) >= 11 is 0. The van der Waals surface area contributed by atoms with E-state index in [1.165, 1.54) is 0 Å². The summed E-state index contributed by atoms with van der Waals surface area (Å²) in [6.07, 6.45) is 0.816. The summed E-state index contributed by atoms with van der Waals surface area (Å²) in [4.78, 5) is 14.8. The number of para-hydroxylation sites is 1. The van der Waals surface area contributed by atoms with Crippen molar-refractivity contribution < 1.29 is 9.53 Å². The molecule has 1 aromatic rings. The summed E-state index contributed by atoms with van der Waals surface area (Å²) in [5.74, 6) is 0.0896. The van der Waals surface area contributed by atoms with Crippen molar-refractivity contribution in [3.63, 3.8) is 0 Å². The highest BCUT2D eigenvalue weighted by atomic mass is 16.5. The van der Waals surface area contributed by atoms with Gasteiger partial charge in [-0.15, -0.1) is 0 Å². The summed E-state index contributed by atoms with van der Waals surface area (Å²) in [6, 6.07) is 5.99. The van der Waals surface area contributed by atoms with Gasteiger partial charge in [-0.2, -0.15) is 0 Å². The first kappa shape index (κ1) is 15.0. The van der Waals surface area contributed by atoms with E-state index in [9.17, 15) is 4.79 Å². The minimum absolute atomic E-state index is 0.0714. The Hall–Kier alpha value is -1.39. The molecule has 1 N–H and O–H groups in total. The maximum Gasteiger partial charge on any atom is 0.241 e. The van der Waals surface area contributed by atoms with Crippen LogP contribution in [-0.2, 0) is 9.53 Å². The van der Waals surface area contributed by atoms with E-state index in [0.29, 0.717) is 13.2 Å². The maximum atomic E-state index is 12.6. The van der Waals surface area contributed by atoms with Gasteiger partial charge in [-0.1, -0.05) is 25.1 Å². The number of benzene rings is 1. The van der Waals surface area contributed by atoms with Crippen LogP contribution in [0.15, 0.2) is 18.2 Å². The molecule has 0 bridgehead atoms. The Labute approximate surface area is 121 Å². The lowest BCUT2D eigenvalue weighted by Gasteiger charge is -2.33. The standard InChI is InChI=1S/C16H24N2O2/c1-4-14(18-8-10-20-11-9-18)16(19)17-15-12(2)6-5-7-13(15)3/h5-7,14H,4,8-11H2,1-3H3,(H,17,19). The third kappa shape index (κ3) is 3.38. The summed E-state index contributed by atoms with van der Waals surface area (Å²) < 4.78 is 5.36. The summed E-state index contributed by atoms with van der Waals surface area (Å²) in [7, 11) is 0. The number of anilines is 1. The van der Waals surface area contributed by atoms with E-state index in [1.54, 1.807) is 0 Å². The number of hydrogen-bond donors (Lipinski definition) is 1. The number of carbonyl (C=O) groups excluding carboxylic acids is 1. The van der Waals surface area contributed by atoms with Crippen LogP contribution in [0.2, 0.25) is 0 Å². The van der Waals surface area contributed by atoms with Crippen LogP contribution in [-0.4, -0.2) is 43.2 Å². The first-order chi connectivity index (χ1) is 9.63. The molecule has 1 aliphatic rings. The summed E-state index contributed by atoms with van der Waals surface area (Å²) in [5.41, 5.74) is 3.16. The van der Waals surface area contributed by atoms with E-state index in [2.05, 4.69) is 17.1 Å². The molecule has 4 heteroatoms.